The normalized spacial score (nSPS) is 29.6. The predicted octanol–water partition coefficient (Wildman–Crippen LogP) is 4.15. The fraction of sp³-hybridized carbons (Fsp3) is 0.450. The minimum atomic E-state index is -0.0560. The van der Waals surface area contributed by atoms with E-state index >= 15 is 0 Å². The highest BCUT2D eigenvalue weighted by molar-refractivity contribution is 7.13. The van der Waals surface area contributed by atoms with E-state index in [4.69, 9.17) is 4.74 Å². The van der Waals surface area contributed by atoms with Gasteiger partial charge in [0.25, 0.3) is 0 Å². The number of esters is 1. The summed E-state index contributed by atoms with van der Waals surface area (Å²) in [6.45, 7) is 0. The number of nitrogens with zero attached hydrogens (tertiary/aromatic N) is 1. The molecule has 2 aliphatic heterocycles. The molecular formula is C20H23NO2S. The summed E-state index contributed by atoms with van der Waals surface area (Å²) in [4.78, 5) is 16.2. The van der Waals surface area contributed by atoms with E-state index in [9.17, 15) is 4.79 Å². The topological polar surface area (TPSA) is 29.5 Å². The van der Waals surface area contributed by atoms with Gasteiger partial charge in [0.2, 0.25) is 0 Å². The zero-order chi connectivity index (χ0) is 16.7. The number of hydrogen-bond acceptors (Lipinski definition) is 4. The monoisotopic (exact) mass is 341 g/mol. The lowest BCUT2D eigenvalue weighted by Gasteiger charge is -2.41. The van der Waals surface area contributed by atoms with Gasteiger partial charge in [-0.1, -0.05) is 30.3 Å². The van der Waals surface area contributed by atoms with E-state index in [1.54, 1.807) is 11.3 Å². The van der Waals surface area contributed by atoms with Crippen molar-refractivity contribution in [2.24, 2.45) is 5.92 Å². The average molecular weight is 341 g/mol. The molecule has 2 aromatic rings. The summed E-state index contributed by atoms with van der Waals surface area (Å²) >= 11 is 1.76. The molecule has 0 saturated carbocycles. The number of thiophene rings is 1. The fourth-order valence-corrected chi connectivity index (χ4v) is 5.34. The Balaban J connectivity index is 1.65. The van der Waals surface area contributed by atoms with Gasteiger partial charge in [0.05, 0.1) is 13.0 Å². The van der Waals surface area contributed by atoms with E-state index in [1.807, 2.05) is 0 Å². The quantitative estimate of drug-likeness (QED) is 0.785. The lowest BCUT2D eigenvalue weighted by Crippen LogP contribution is -2.49. The summed E-state index contributed by atoms with van der Waals surface area (Å²) in [7, 11) is 3.68. The van der Waals surface area contributed by atoms with Crippen molar-refractivity contribution in [1.29, 1.82) is 0 Å². The van der Waals surface area contributed by atoms with Crippen LogP contribution in [-0.4, -0.2) is 37.1 Å². The highest BCUT2D eigenvalue weighted by atomic mass is 32.1. The second-order valence-corrected chi connectivity index (χ2v) is 7.90. The maximum absolute atomic E-state index is 12.5. The van der Waals surface area contributed by atoms with Crippen LogP contribution >= 0.6 is 11.3 Å². The smallest absolute Gasteiger partial charge is 0.310 e. The molecule has 2 saturated heterocycles. The molecule has 4 heteroatoms. The van der Waals surface area contributed by atoms with Crippen molar-refractivity contribution in [3.8, 4) is 10.4 Å². The molecule has 24 heavy (non-hydrogen) atoms. The van der Waals surface area contributed by atoms with Gasteiger partial charge in [-0.25, -0.2) is 0 Å². The molecule has 0 N–H and O–H groups in total. The third-order valence-electron chi connectivity index (χ3n) is 5.89. The van der Waals surface area contributed by atoms with E-state index in [0.717, 1.165) is 12.8 Å². The molecule has 2 aliphatic rings. The Morgan fingerprint density at radius 1 is 1.21 bits per heavy atom. The van der Waals surface area contributed by atoms with E-state index in [-0.39, 0.29) is 17.8 Å². The van der Waals surface area contributed by atoms with Crippen molar-refractivity contribution in [3.63, 3.8) is 0 Å². The Kier molecular flexibility index (Phi) is 4.19. The van der Waals surface area contributed by atoms with Crippen molar-refractivity contribution in [2.45, 2.75) is 37.3 Å². The number of hydrogen-bond donors (Lipinski definition) is 0. The van der Waals surface area contributed by atoms with Gasteiger partial charge >= 0.3 is 5.97 Å². The lowest BCUT2D eigenvalue weighted by molar-refractivity contribution is -0.150. The zero-order valence-electron chi connectivity index (χ0n) is 14.1. The van der Waals surface area contributed by atoms with Crippen LogP contribution in [0.2, 0.25) is 0 Å². The maximum atomic E-state index is 12.5. The van der Waals surface area contributed by atoms with Gasteiger partial charge in [-0.2, -0.15) is 0 Å². The molecule has 2 bridgehead atoms. The number of carbonyl (C=O) groups excluding carboxylic acids is 1. The van der Waals surface area contributed by atoms with Crippen LogP contribution in [-0.2, 0) is 9.53 Å². The van der Waals surface area contributed by atoms with Gasteiger partial charge in [-0.05, 0) is 48.9 Å². The van der Waals surface area contributed by atoms with Gasteiger partial charge in [-0.3, -0.25) is 9.69 Å². The van der Waals surface area contributed by atoms with Crippen LogP contribution < -0.4 is 0 Å². The molecule has 3 heterocycles. The molecule has 4 rings (SSSR count). The second-order valence-electron chi connectivity index (χ2n) is 6.95. The molecule has 0 amide bonds. The van der Waals surface area contributed by atoms with Crippen molar-refractivity contribution >= 4 is 17.3 Å². The minimum Gasteiger partial charge on any atom is -0.469 e. The summed E-state index contributed by atoms with van der Waals surface area (Å²) in [5, 5.41) is 2.10. The van der Waals surface area contributed by atoms with Crippen LogP contribution in [0.5, 0.6) is 0 Å². The van der Waals surface area contributed by atoms with Crippen LogP contribution in [0.1, 0.15) is 30.7 Å². The Labute approximate surface area is 147 Å². The number of fused-ring (bicyclic) bond motifs is 2. The van der Waals surface area contributed by atoms with Crippen molar-refractivity contribution in [3.05, 3.63) is 47.3 Å². The van der Waals surface area contributed by atoms with Gasteiger partial charge in [0.15, 0.2) is 0 Å². The molecule has 4 atom stereocenters. The van der Waals surface area contributed by atoms with Crippen LogP contribution in [0, 0.1) is 5.92 Å². The number of rotatable bonds is 3. The first-order valence-electron chi connectivity index (χ1n) is 8.62. The van der Waals surface area contributed by atoms with E-state index in [2.05, 4.69) is 53.7 Å². The average Bonchev–Trinajstić information content (AvgIpc) is 3.21. The van der Waals surface area contributed by atoms with E-state index in [1.165, 1.54) is 29.5 Å². The van der Waals surface area contributed by atoms with E-state index in [0.29, 0.717) is 12.1 Å². The first kappa shape index (κ1) is 15.9. The third-order valence-corrected chi connectivity index (χ3v) is 6.81. The highest BCUT2D eigenvalue weighted by Crippen LogP contribution is 2.46. The molecule has 1 aromatic heterocycles. The number of piperidine rings is 1. The Hall–Kier alpha value is -1.65. The van der Waals surface area contributed by atoms with Gasteiger partial charge < -0.3 is 4.74 Å². The number of ether oxygens (including phenoxy) is 1. The third kappa shape index (κ3) is 2.58. The molecule has 3 nitrogen and oxygen atoms in total. The molecule has 2 fully saturated rings. The number of carbonyl (C=O) groups is 1. The minimum absolute atomic E-state index is 0.0497. The van der Waals surface area contributed by atoms with Crippen molar-refractivity contribution in [1.82, 2.24) is 4.90 Å². The summed E-state index contributed by atoms with van der Waals surface area (Å²) in [6, 6.07) is 13.9. The first-order chi connectivity index (χ1) is 11.7. The summed E-state index contributed by atoms with van der Waals surface area (Å²) < 4.78 is 5.16. The second kappa shape index (κ2) is 6.34. The summed E-state index contributed by atoms with van der Waals surface area (Å²) in [5.74, 6) is 0.161. The fourth-order valence-electron chi connectivity index (χ4n) is 4.60. The van der Waals surface area contributed by atoms with Crippen LogP contribution in [0.4, 0.5) is 0 Å². The molecule has 0 radical (unpaired) electrons. The standard InChI is InChI=1S/C20H23NO2S/c1-21-15-9-10-17(21)19(20(22)23-2)16(12-15)13-5-7-14(8-6-13)18-4-3-11-24-18/h3-8,11,15-17,19H,9-10,12H2,1-2H3/t15-,16?,17+,19?/m1/s1. The van der Waals surface area contributed by atoms with Gasteiger partial charge in [-0.15, -0.1) is 11.3 Å². The zero-order valence-corrected chi connectivity index (χ0v) is 15.0. The van der Waals surface area contributed by atoms with Crippen molar-refractivity contribution in [2.75, 3.05) is 14.2 Å². The first-order valence-corrected chi connectivity index (χ1v) is 9.50. The molecule has 0 spiro atoms. The van der Waals surface area contributed by atoms with Gasteiger partial charge in [0, 0.05) is 22.9 Å². The molecular weight excluding hydrogens is 318 g/mol. The molecule has 2 unspecified atom stereocenters. The Morgan fingerprint density at radius 3 is 2.67 bits per heavy atom. The molecule has 126 valence electrons. The lowest BCUT2D eigenvalue weighted by atomic mass is 9.76. The largest absolute Gasteiger partial charge is 0.469 e. The van der Waals surface area contributed by atoms with Crippen molar-refractivity contribution < 1.29 is 9.53 Å². The van der Waals surface area contributed by atoms with Crippen LogP contribution in [0.25, 0.3) is 10.4 Å². The summed E-state index contributed by atoms with van der Waals surface area (Å²) in [6.07, 6.45) is 3.34. The predicted molar refractivity (Wildman–Crippen MR) is 97.2 cm³/mol. The Morgan fingerprint density at radius 2 is 2.00 bits per heavy atom. The highest BCUT2D eigenvalue weighted by Gasteiger charge is 2.49. The van der Waals surface area contributed by atoms with E-state index < -0.39 is 0 Å². The number of benzene rings is 1. The Bertz CT molecular complexity index is 710. The maximum Gasteiger partial charge on any atom is 0.310 e. The SMILES string of the molecule is COC(=O)C1C(c2ccc(-c3cccs3)cc2)C[C@H]2CC[C@@H]1N2C. The van der Waals surface area contributed by atoms with Crippen LogP contribution in [0.15, 0.2) is 41.8 Å². The van der Waals surface area contributed by atoms with Crippen LogP contribution in [0.3, 0.4) is 0 Å². The molecule has 1 aromatic carbocycles. The number of methoxy groups -OCH3 is 1. The van der Waals surface area contributed by atoms with Gasteiger partial charge in [0.1, 0.15) is 0 Å². The summed E-state index contributed by atoms with van der Waals surface area (Å²) in [5.41, 5.74) is 2.52. The molecule has 0 aliphatic carbocycles.